The zero-order chi connectivity index (χ0) is 12.1. The van der Waals surface area contributed by atoms with Crippen LogP contribution in [0.3, 0.4) is 0 Å². The molecule has 5 nitrogen and oxygen atoms in total. The SMILES string of the molecule is CC(CN1CCOCC1)Nc1ncncc1Cl. The van der Waals surface area contributed by atoms with Gasteiger partial charge >= 0.3 is 0 Å². The van der Waals surface area contributed by atoms with Crippen LogP contribution in [0, 0.1) is 0 Å². The molecule has 1 aromatic heterocycles. The summed E-state index contributed by atoms with van der Waals surface area (Å²) < 4.78 is 5.31. The molecule has 1 aliphatic rings. The smallest absolute Gasteiger partial charge is 0.148 e. The van der Waals surface area contributed by atoms with Gasteiger partial charge in [0.05, 0.1) is 19.4 Å². The first-order chi connectivity index (χ1) is 8.25. The molecular weight excluding hydrogens is 240 g/mol. The van der Waals surface area contributed by atoms with Crippen LogP contribution in [0.1, 0.15) is 6.92 Å². The Balaban J connectivity index is 1.84. The number of hydrogen-bond acceptors (Lipinski definition) is 5. The lowest BCUT2D eigenvalue weighted by molar-refractivity contribution is 0.0368. The summed E-state index contributed by atoms with van der Waals surface area (Å²) in [5, 5.41) is 3.85. The van der Waals surface area contributed by atoms with Crippen LogP contribution in [-0.2, 0) is 4.74 Å². The zero-order valence-corrected chi connectivity index (χ0v) is 10.7. The monoisotopic (exact) mass is 256 g/mol. The molecule has 1 saturated heterocycles. The summed E-state index contributed by atoms with van der Waals surface area (Å²) in [6.45, 7) is 6.70. The average Bonchev–Trinajstić information content (AvgIpc) is 2.33. The Morgan fingerprint density at radius 2 is 2.29 bits per heavy atom. The van der Waals surface area contributed by atoms with E-state index in [9.17, 15) is 0 Å². The Bertz CT molecular complexity index is 357. The second kappa shape index (κ2) is 6.14. The summed E-state index contributed by atoms with van der Waals surface area (Å²) in [5.41, 5.74) is 0. The largest absolute Gasteiger partial charge is 0.379 e. The standard InChI is InChI=1S/C11H17ClN4O/c1-9(7-16-2-4-17-5-3-16)15-11-10(12)6-13-8-14-11/h6,8-9H,2-5,7H2,1H3,(H,13,14,15). The quantitative estimate of drug-likeness (QED) is 0.879. The molecule has 0 saturated carbocycles. The van der Waals surface area contributed by atoms with Gasteiger partial charge in [0.1, 0.15) is 17.2 Å². The predicted molar refractivity (Wildman–Crippen MR) is 67.4 cm³/mol. The zero-order valence-electron chi connectivity index (χ0n) is 9.90. The summed E-state index contributed by atoms with van der Waals surface area (Å²) in [5.74, 6) is 0.697. The molecule has 94 valence electrons. The molecule has 2 rings (SSSR count). The van der Waals surface area contributed by atoms with E-state index in [4.69, 9.17) is 16.3 Å². The number of rotatable bonds is 4. The van der Waals surface area contributed by atoms with Crippen LogP contribution in [0.15, 0.2) is 12.5 Å². The Hall–Kier alpha value is -0.910. The summed E-state index contributed by atoms with van der Waals surface area (Å²) in [6.07, 6.45) is 3.09. The predicted octanol–water partition coefficient (Wildman–Crippen LogP) is 1.26. The van der Waals surface area contributed by atoms with E-state index in [0.29, 0.717) is 16.9 Å². The van der Waals surface area contributed by atoms with E-state index < -0.39 is 0 Å². The maximum Gasteiger partial charge on any atom is 0.148 e. The fourth-order valence-electron chi connectivity index (χ4n) is 1.87. The second-order valence-corrected chi connectivity index (χ2v) is 4.58. The highest BCUT2D eigenvalue weighted by atomic mass is 35.5. The molecule has 6 heteroatoms. The molecule has 17 heavy (non-hydrogen) atoms. The highest BCUT2D eigenvalue weighted by Gasteiger charge is 2.14. The van der Waals surface area contributed by atoms with Crippen molar-refractivity contribution in [2.45, 2.75) is 13.0 Å². The molecule has 0 amide bonds. The van der Waals surface area contributed by atoms with E-state index in [1.165, 1.54) is 6.33 Å². The number of nitrogens with one attached hydrogen (secondary N) is 1. The van der Waals surface area contributed by atoms with Crippen LogP contribution in [0.25, 0.3) is 0 Å². The topological polar surface area (TPSA) is 50.3 Å². The van der Waals surface area contributed by atoms with Crippen molar-refractivity contribution in [1.29, 1.82) is 0 Å². The van der Waals surface area contributed by atoms with Crippen molar-refractivity contribution in [2.24, 2.45) is 0 Å². The molecule has 0 aromatic carbocycles. The van der Waals surface area contributed by atoms with Crippen LogP contribution in [0.5, 0.6) is 0 Å². The first-order valence-electron chi connectivity index (χ1n) is 5.78. The summed E-state index contributed by atoms with van der Waals surface area (Å²) in [7, 11) is 0. The molecule has 0 bridgehead atoms. The molecule has 1 unspecified atom stereocenters. The van der Waals surface area contributed by atoms with Crippen LogP contribution in [0.2, 0.25) is 5.02 Å². The van der Waals surface area contributed by atoms with E-state index in [0.717, 1.165) is 32.8 Å². The molecule has 1 aliphatic heterocycles. The molecular formula is C11H17ClN4O. The van der Waals surface area contributed by atoms with Gasteiger partial charge in [0.15, 0.2) is 0 Å². The number of morpholine rings is 1. The van der Waals surface area contributed by atoms with E-state index >= 15 is 0 Å². The fraction of sp³-hybridized carbons (Fsp3) is 0.636. The molecule has 1 N–H and O–H groups in total. The van der Waals surface area contributed by atoms with Gasteiger partial charge in [0, 0.05) is 25.7 Å². The number of aromatic nitrogens is 2. The lowest BCUT2D eigenvalue weighted by Gasteiger charge is -2.29. The molecule has 1 fully saturated rings. The van der Waals surface area contributed by atoms with Crippen molar-refractivity contribution in [3.8, 4) is 0 Å². The Kier molecular flexibility index (Phi) is 4.53. The van der Waals surface area contributed by atoms with Gasteiger partial charge < -0.3 is 10.1 Å². The number of nitrogens with zero attached hydrogens (tertiary/aromatic N) is 3. The van der Waals surface area contributed by atoms with Crippen LogP contribution in [0.4, 0.5) is 5.82 Å². The number of hydrogen-bond donors (Lipinski definition) is 1. The van der Waals surface area contributed by atoms with Gasteiger partial charge in [-0.15, -0.1) is 0 Å². The maximum absolute atomic E-state index is 5.99. The van der Waals surface area contributed by atoms with Gasteiger partial charge in [-0.25, -0.2) is 9.97 Å². The molecule has 2 heterocycles. The highest BCUT2D eigenvalue weighted by molar-refractivity contribution is 6.32. The first kappa shape index (κ1) is 12.5. The van der Waals surface area contributed by atoms with Gasteiger partial charge in [-0.05, 0) is 6.92 Å². The number of halogens is 1. The van der Waals surface area contributed by atoms with Crippen LogP contribution >= 0.6 is 11.6 Å². The average molecular weight is 257 g/mol. The normalized spacial score (nSPS) is 18.9. The van der Waals surface area contributed by atoms with Crippen LogP contribution < -0.4 is 5.32 Å². The summed E-state index contributed by atoms with van der Waals surface area (Å²) >= 11 is 5.99. The Morgan fingerprint density at radius 1 is 1.53 bits per heavy atom. The number of anilines is 1. The van der Waals surface area contributed by atoms with Crippen molar-refractivity contribution >= 4 is 17.4 Å². The van der Waals surface area contributed by atoms with Gasteiger partial charge in [0.2, 0.25) is 0 Å². The summed E-state index contributed by atoms with van der Waals surface area (Å²) in [6, 6.07) is 0.292. The third-order valence-corrected chi connectivity index (χ3v) is 2.96. The molecule has 1 atom stereocenters. The minimum atomic E-state index is 0.292. The van der Waals surface area contributed by atoms with Gasteiger partial charge in [-0.1, -0.05) is 11.6 Å². The minimum Gasteiger partial charge on any atom is -0.379 e. The first-order valence-corrected chi connectivity index (χ1v) is 6.15. The maximum atomic E-state index is 5.99. The van der Waals surface area contributed by atoms with Crippen molar-refractivity contribution in [3.05, 3.63) is 17.5 Å². The molecule has 0 spiro atoms. The van der Waals surface area contributed by atoms with Crippen LogP contribution in [-0.4, -0.2) is 53.8 Å². The van der Waals surface area contributed by atoms with E-state index in [1.54, 1.807) is 6.20 Å². The van der Waals surface area contributed by atoms with Crippen molar-refractivity contribution in [1.82, 2.24) is 14.9 Å². The minimum absolute atomic E-state index is 0.292. The highest BCUT2D eigenvalue weighted by Crippen LogP contribution is 2.17. The van der Waals surface area contributed by atoms with Crippen molar-refractivity contribution in [3.63, 3.8) is 0 Å². The summed E-state index contributed by atoms with van der Waals surface area (Å²) in [4.78, 5) is 10.3. The van der Waals surface area contributed by atoms with E-state index in [2.05, 4.69) is 27.1 Å². The second-order valence-electron chi connectivity index (χ2n) is 4.18. The lowest BCUT2D eigenvalue weighted by Crippen LogP contribution is -2.42. The third-order valence-electron chi connectivity index (χ3n) is 2.69. The third kappa shape index (κ3) is 3.80. The Morgan fingerprint density at radius 3 is 3.00 bits per heavy atom. The van der Waals surface area contributed by atoms with Gasteiger partial charge in [-0.2, -0.15) is 0 Å². The Labute approximate surface area is 106 Å². The lowest BCUT2D eigenvalue weighted by atomic mass is 10.3. The molecule has 1 aromatic rings. The van der Waals surface area contributed by atoms with Crippen molar-refractivity contribution in [2.75, 3.05) is 38.2 Å². The fourth-order valence-corrected chi connectivity index (χ4v) is 2.03. The van der Waals surface area contributed by atoms with Gasteiger partial charge in [-0.3, -0.25) is 4.90 Å². The van der Waals surface area contributed by atoms with E-state index in [1.807, 2.05) is 0 Å². The van der Waals surface area contributed by atoms with Gasteiger partial charge in [0.25, 0.3) is 0 Å². The number of ether oxygens (including phenoxy) is 1. The molecule has 0 radical (unpaired) electrons. The molecule has 0 aliphatic carbocycles. The van der Waals surface area contributed by atoms with Crippen molar-refractivity contribution < 1.29 is 4.74 Å². The van der Waals surface area contributed by atoms with E-state index in [-0.39, 0.29) is 0 Å².